The molecular weight excluding hydrogens is 416 g/mol. The van der Waals surface area contributed by atoms with E-state index in [1.807, 2.05) is 19.9 Å². The van der Waals surface area contributed by atoms with E-state index < -0.39 is 0 Å². The summed E-state index contributed by atoms with van der Waals surface area (Å²) in [6.45, 7) is 4.50. The third kappa shape index (κ3) is 4.11. The molecule has 0 spiro atoms. The van der Waals surface area contributed by atoms with Gasteiger partial charge in [-0.1, -0.05) is 6.07 Å². The van der Waals surface area contributed by atoms with Gasteiger partial charge in [-0.2, -0.15) is 0 Å². The van der Waals surface area contributed by atoms with Crippen molar-refractivity contribution >= 4 is 44.7 Å². The van der Waals surface area contributed by atoms with Gasteiger partial charge in [0, 0.05) is 25.2 Å². The molecule has 30 heavy (non-hydrogen) atoms. The first-order valence-electron chi connectivity index (χ1n) is 10.3. The minimum absolute atomic E-state index is 0.0166. The highest BCUT2D eigenvalue weighted by atomic mass is 32.1. The molecule has 4 rings (SSSR count). The Labute approximate surface area is 184 Å². The maximum absolute atomic E-state index is 12.5. The number of pyridine rings is 1. The zero-order chi connectivity index (χ0) is 21.3. The third-order valence-electron chi connectivity index (χ3n) is 5.85. The molecule has 0 saturated heterocycles. The standard InChI is InChI=1S/C22H26N4O2S2/c1-12-18(29-13(2)26-12)21(28)25-11-14-6-8-15(9-7-14)17-16-5-4-10-24-22(16)30-19(17)20(27)23-3/h4-5,10,14-15H,6-9,11H2,1-3H3,(H,23,27)(H,25,28). The Kier molecular flexibility index (Phi) is 6.15. The van der Waals surface area contributed by atoms with Crippen molar-refractivity contribution in [3.05, 3.63) is 44.3 Å². The van der Waals surface area contributed by atoms with E-state index >= 15 is 0 Å². The number of thiophene rings is 1. The van der Waals surface area contributed by atoms with Gasteiger partial charge in [-0.3, -0.25) is 9.59 Å². The van der Waals surface area contributed by atoms with Crippen molar-refractivity contribution < 1.29 is 9.59 Å². The molecule has 3 aromatic heterocycles. The predicted molar refractivity (Wildman–Crippen MR) is 122 cm³/mol. The molecule has 8 heteroatoms. The molecule has 0 bridgehead atoms. The van der Waals surface area contributed by atoms with Gasteiger partial charge in [-0.05, 0) is 63.0 Å². The Hall–Kier alpha value is -2.32. The van der Waals surface area contributed by atoms with E-state index in [9.17, 15) is 9.59 Å². The largest absolute Gasteiger partial charge is 0.354 e. The van der Waals surface area contributed by atoms with E-state index in [1.54, 1.807) is 13.2 Å². The predicted octanol–water partition coefficient (Wildman–Crippen LogP) is 4.43. The number of thiazole rings is 1. The molecule has 1 aliphatic carbocycles. The first-order valence-corrected chi connectivity index (χ1v) is 11.9. The molecule has 0 radical (unpaired) electrons. The van der Waals surface area contributed by atoms with Crippen LogP contribution in [0.2, 0.25) is 0 Å². The van der Waals surface area contributed by atoms with Gasteiger partial charge in [-0.25, -0.2) is 9.97 Å². The van der Waals surface area contributed by atoms with Gasteiger partial charge >= 0.3 is 0 Å². The molecule has 6 nitrogen and oxygen atoms in total. The van der Waals surface area contributed by atoms with Gasteiger partial charge in [-0.15, -0.1) is 22.7 Å². The smallest absolute Gasteiger partial charge is 0.263 e. The molecule has 0 aliphatic heterocycles. The average molecular weight is 443 g/mol. The van der Waals surface area contributed by atoms with Crippen molar-refractivity contribution in [1.29, 1.82) is 0 Å². The van der Waals surface area contributed by atoms with Crippen LogP contribution in [-0.2, 0) is 0 Å². The number of rotatable bonds is 5. The molecule has 0 unspecified atom stereocenters. The second kappa shape index (κ2) is 8.81. The van der Waals surface area contributed by atoms with Crippen LogP contribution in [0.3, 0.4) is 0 Å². The van der Waals surface area contributed by atoms with Crippen molar-refractivity contribution in [3.63, 3.8) is 0 Å². The van der Waals surface area contributed by atoms with E-state index in [0.717, 1.165) is 57.0 Å². The summed E-state index contributed by atoms with van der Waals surface area (Å²) in [6, 6.07) is 4.02. The number of aryl methyl sites for hydroxylation is 2. The lowest BCUT2D eigenvalue weighted by Crippen LogP contribution is -2.31. The van der Waals surface area contributed by atoms with Crippen LogP contribution >= 0.6 is 22.7 Å². The summed E-state index contributed by atoms with van der Waals surface area (Å²) in [5.41, 5.74) is 1.96. The molecule has 0 atom stereocenters. The van der Waals surface area contributed by atoms with Crippen LogP contribution in [-0.4, -0.2) is 35.4 Å². The van der Waals surface area contributed by atoms with E-state index in [1.165, 1.54) is 22.7 Å². The second-order valence-electron chi connectivity index (χ2n) is 7.86. The van der Waals surface area contributed by atoms with Crippen LogP contribution in [0.25, 0.3) is 10.2 Å². The van der Waals surface area contributed by atoms with Gasteiger partial charge in [0.1, 0.15) is 9.71 Å². The van der Waals surface area contributed by atoms with Crippen molar-refractivity contribution in [1.82, 2.24) is 20.6 Å². The summed E-state index contributed by atoms with van der Waals surface area (Å²) in [5.74, 6) is 0.772. The highest BCUT2D eigenvalue weighted by Gasteiger charge is 2.29. The quantitative estimate of drug-likeness (QED) is 0.612. The van der Waals surface area contributed by atoms with Crippen LogP contribution in [0.15, 0.2) is 18.3 Å². The number of amides is 2. The van der Waals surface area contributed by atoms with Crippen LogP contribution in [0.4, 0.5) is 0 Å². The van der Waals surface area contributed by atoms with Gasteiger partial charge in [0.2, 0.25) is 0 Å². The van der Waals surface area contributed by atoms with Crippen LogP contribution in [0.1, 0.15) is 67.2 Å². The Morgan fingerprint density at radius 3 is 2.53 bits per heavy atom. The maximum Gasteiger partial charge on any atom is 0.263 e. The van der Waals surface area contributed by atoms with Crippen molar-refractivity contribution in [2.75, 3.05) is 13.6 Å². The van der Waals surface area contributed by atoms with E-state index in [4.69, 9.17) is 0 Å². The second-order valence-corrected chi connectivity index (χ2v) is 10.1. The first-order chi connectivity index (χ1) is 14.5. The summed E-state index contributed by atoms with van der Waals surface area (Å²) in [5, 5.41) is 7.90. The molecule has 1 aliphatic rings. The molecule has 2 amide bonds. The molecule has 3 aromatic rings. The van der Waals surface area contributed by atoms with E-state index in [-0.39, 0.29) is 11.8 Å². The van der Waals surface area contributed by atoms with E-state index in [0.29, 0.717) is 23.3 Å². The fraction of sp³-hybridized carbons (Fsp3) is 0.455. The molecule has 0 aromatic carbocycles. The molecule has 158 valence electrons. The average Bonchev–Trinajstić information content (AvgIpc) is 3.31. The fourth-order valence-electron chi connectivity index (χ4n) is 4.35. The van der Waals surface area contributed by atoms with Crippen molar-refractivity contribution in [2.45, 2.75) is 45.4 Å². The summed E-state index contributed by atoms with van der Waals surface area (Å²) in [4.78, 5) is 36.2. The van der Waals surface area contributed by atoms with E-state index in [2.05, 4.69) is 26.7 Å². The Bertz CT molecular complexity index is 1080. The Morgan fingerprint density at radius 2 is 1.87 bits per heavy atom. The molecule has 3 heterocycles. The van der Waals surface area contributed by atoms with Crippen LogP contribution < -0.4 is 10.6 Å². The van der Waals surface area contributed by atoms with Gasteiger partial charge in [0.05, 0.1) is 15.6 Å². The first kappa shape index (κ1) is 20.9. The SMILES string of the molecule is CNC(=O)c1sc2ncccc2c1C1CCC(CNC(=O)c2sc(C)nc2C)CC1. The van der Waals surface area contributed by atoms with Gasteiger partial charge < -0.3 is 10.6 Å². The summed E-state index contributed by atoms with van der Waals surface area (Å²) in [6.07, 6.45) is 5.89. The molecule has 2 N–H and O–H groups in total. The summed E-state index contributed by atoms with van der Waals surface area (Å²) >= 11 is 2.93. The summed E-state index contributed by atoms with van der Waals surface area (Å²) in [7, 11) is 1.68. The molecule has 1 fully saturated rings. The van der Waals surface area contributed by atoms with Gasteiger partial charge in [0.25, 0.3) is 11.8 Å². The lowest BCUT2D eigenvalue weighted by molar-refractivity contribution is 0.0941. The highest BCUT2D eigenvalue weighted by Crippen LogP contribution is 2.43. The number of nitrogens with zero attached hydrogens (tertiary/aromatic N) is 2. The topological polar surface area (TPSA) is 84.0 Å². The minimum atomic E-state index is -0.0300. The zero-order valence-corrected chi connectivity index (χ0v) is 19.1. The number of carbonyl (C=O) groups excluding carboxylic acids is 2. The Morgan fingerprint density at radius 1 is 1.10 bits per heavy atom. The highest BCUT2D eigenvalue weighted by molar-refractivity contribution is 7.20. The molecule has 1 saturated carbocycles. The van der Waals surface area contributed by atoms with Gasteiger partial charge in [0.15, 0.2) is 0 Å². The fourth-order valence-corrected chi connectivity index (χ4v) is 6.37. The zero-order valence-electron chi connectivity index (χ0n) is 17.4. The number of hydrogen-bond acceptors (Lipinski definition) is 6. The normalized spacial score (nSPS) is 19.0. The number of nitrogens with one attached hydrogen (secondary N) is 2. The third-order valence-corrected chi connectivity index (χ3v) is 8.05. The Balaban J connectivity index is 1.42. The van der Waals surface area contributed by atoms with Crippen LogP contribution in [0, 0.1) is 19.8 Å². The van der Waals surface area contributed by atoms with Crippen molar-refractivity contribution in [2.24, 2.45) is 5.92 Å². The van der Waals surface area contributed by atoms with Crippen LogP contribution in [0.5, 0.6) is 0 Å². The minimum Gasteiger partial charge on any atom is -0.354 e. The maximum atomic E-state index is 12.5. The lowest BCUT2D eigenvalue weighted by atomic mass is 9.78. The number of fused-ring (bicyclic) bond motifs is 1. The summed E-state index contributed by atoms with van der Waals surface area (Å²) < 4.78 is 0. The molecular formula is C22H26N4O2S2. The number of aromatic nitrogens is 2. The lowest BCUT2D eigenvalue weighted by Gasteiger charge is -2.29. The number of hydrogen-bond donors (Lipinski definition) is 2. The van der Waals surface area contributed by atoms with Crippen molar-refractivity contribution in [3.8, 4) is 0 Å². The number of carbonyl (C=O) groups is 2. The monoisotopic (exact) mass is 442 g/mol.